The highest BCUT2D eigenvalue weighted by atomic mass is 35.5. The van der Waals surface area contributed by atoms with E-state index in [2.05, 4.69) is 10.2 Å². The van der Waals surface area contributed by atoms with Gasteiger partial charge in [-0.25, -0.2) is 0 Å². The molecule has 0 aliphatic carbocycles. The minimum absolute atomic E-state index is 0.0198. The fraction of sp³-hybridized carbons (Fsp3) is 0.176. The number of methoxy groups -OCH3 is 1. The van der Waals surface area contributed by atoms with Crippen molar-refractivity contribution in [3.63, 3.8) is 0 Å². The normalized spacial score (nSPS) is 11.8. The Morgan fingerprint density at radius 1 is 1.21 bits per heavy atom. The second kappa shape index (κ2) is 6.41. The molecule has 1 aromatic carbocycles. The molecule has 2 heterocycles. The van der Waals surface area contributed by atoms with E-state index in [-0.39, 0.29) is 16.7 Å². The summed E-state index contributed by atoms with van der Waals surface area (Å²) in [5, 5.41) is 18.0. The number of ether oxygens (including phenoxy) is 1. The van der Waals surface area contributed by atoms with Gasteiger partial charge in [-0.05, 0) is 43.7 Å². The Hall–Kier alpha value is -2.73. The van der Waals surface area contributed by atoms with Crippen LogP contribution in [-0.2, 0) is 0 Å². The summed E-state index contributed by atoms with van der Waals surface area (Å²) < 4.78 is 16.1. The number of nitrogens with zero attached hydrogens (tertiary/aromatic N) is 2. The first kappa shape index (κ1) is 16.1. The number of halogens is 1. The summed E-state index contributed by atoms with van der Waals surface area (Å²) in [6, 6.07) is 6.75. The molecule has 0 radical (unpaired) electrons. The van der Waals surface area contributed by atoms with Gasteiger partial charge in [-0.15, -0.1) is 10.2 Å². The largest absolute Gasteiger partial charge is 0.504 e. The van der Waals surface area contributed by atoms with Crippen molar-refractivity contribution in [2.45, 2.75) is 13.8 Å². The molecule has 3 aromatic rings. The highest BCUT2D eigenvalue weighted by Crippen LogP contribution is 2.31. The topological polar surface area (TPSA) is 81.5 Å². The van der Waals surface area contributed by atoms with Gasteiger partial charge in [0.15, 0.2) is 11.5 Å². The second-order valence-electron chi connectivity index (χ2n) is 5.16. The first-order chi connectivity index (χ1) is 11.5. The van der Waals surface area contributed by atoms with Crippen molar-refractivity contribution in [2.24, 2.45) is 0 Å². The third-order valence-electron chi connectivity index (χ3n) is 3.40. The summed E-state index contributed by atoms with van der Waals surface area (Å²) in [4.78, 5) is 0. The van der Waals surface area contributed by atoms with Crippen LogP contribution in [0.4, 0.5) is 0 Å². The second-order valence-corrected chi connectivity index (χ2v) is 5.57. The maximum absolute atomic E-state index is 9.80. The van der Waals surface area contributed by atoms with Crippen molar-refractivity contribution in [2.75, 3.05) is 7.11 Å². The highest BCUT2D eigenvalue weighted by molar-refractivity contribution is 6.50. The zero-order chi connectivity index (χ0) is 17.3. The van der Waals surface area contributed by atoms with Gasteiger partial charge in [-0.1, -0.05) is 17.7 Å². The Balaban J connectivity index is 1.89. The standard InChI is InChI=1S/C17H15ClN2O4/c1-9-6-12(10(2)23-9)16-19-20-17(24-16)13(18)7-11-4-5-15(22-3)14(21)8-11/h4-8,21H,1-3H3/b13-7-. The number of aromatic hydroxyl groups is 1. The smallest absolute Gasteiger partial charge is 0.259 e. The number of phenols is 1. The van der Waals surface area contributed by atoms with Crippen molar-refractivity contribution in [3.05, 3.63) is 47.2 Å². The van der Waals surface area contributed by atoms with E-state index in [9.17, 15) is 5.11 Å². The van der Waals surface area contributed by atoms with E-state index < -0.39 is 0 Å². The third kappa shape index (κ3) is 3.14. The van der Waals surface area contributed by atoms with Crippen LogP contribution in [0, 0.1) is 13.8 Å². The van der Waals surface area contributed by atoms with Gasteiger partial charge in [0.2, 0.25) is 0 Å². The summed E-state index contributed by atoms with van der Waals surface area (Å²) in [5.74, 6) is 2.38. The van der Waals surface area contributed by atoms with Crippen LogP contribution in [0.3, 0.4) is 0 Å². The van der Waals surface area contributed by atoms with Crippen molar-refractivity contribution >= 4 is 22.7 Å². The fourth-order valence-electron chi connectivity index (χ4n) is 2.28. The molecule has 0 amide bonds. The maximum atomic E-state index is 9.80. The van der Waals surface area contributed by atoms with Gasteiger partial charge in [0, 0.05) is 0 Å². The number of hydrogen-bond donors (Lipinski definition) is 1. The zero-order valence-electron chi connectivity index (χ0n) is 13.3. The number of phenolic OH excluding ortho intramolecular Hbond substituents is 1. The minimum Gasteiger partial charge on any atom is -0.504 e. The van der Waals surface area contributed by atoms with Crippen LogP contribution in [0.5, 0.6) is 11.5 Å². The molecule has 0 atom stereocenters. The molecule has 6 nitrogen and oxygen atoms in total. The van der Waals surface area contributed by atoms with Crippen LogP contribution in [0.15, 0.2) is 33.1 Å². The summed E-state index contributed by atoms with van der Waals surface area (Å²) in [7, 11) is 1.48. The first-order valence-electron chi connectivity index (χ1n) is 7.13. The number of furan rings is 1. The van der Waals surface area contributed by atoms with Gasteiger partial charge in [-0.3, -0.25) is 0 Å². The Labute approximate surface area is 143 Å². The molecule has 0 saturated heterocycles. The number of hydrogen-bond acceptors (Lipinski definition) is 6. The summed E-state index contributed by atoms with van der Waals surface area (Å²) in [6.45, 7) is 3.67. The Kier molecular flexibility index (Phi) is 4.31. The van der Waals surface area contributed by atoms with E-state index in [1.165, 1.54) is 13.2 Å². The molecule has 0 saturated carbocycles. The quantitative estimate of drug-likeness (QED) is 0.754. The monoisotopic (exact) mass is 346 g/mol. The van der Waals surface area contributed by atoms with Gasteiger partial charge < -0.3 is 18.7 Å². The van der Waals surface area contributed by atoms with Crippen LogP contribution < -0.4 is 4.74 Å². The molecule has 0 fully saturated rings. The average molecular weight is 347 g/mol. The lowest BCUT2D eigenvalue weighted by Crippen LogP contribution is -1.84. The fourth-order valence-corrected chi connectivity index (χ4v) is 2.48. The van der Waals surface area contributed by atoms with E-state index in [4.69, 9.17) is 25.2 Å². The molecular weight excluding hydrogens is 332 g/mol. The third-order valence-corrected chi connectivity index (χ3v) is 3.67. The number of aromatic nitrogens is 2. The van der Waals surface area contributed by atoms with Gasteiger partial charge in [0.25, 0.3) is 11.8 Å². The number of rotatable bonds is 4. The minimum atomic E-state index is 0.0198. The summed E-state index contributed by atoms with van der Waals surface area (Å²) in [5.41, 5.74) is 1.41. The number of aryl methyl sites for hydroxylation is 2. The molecule has 1 N–H and O–H groups in total. The molecule has 2 aromatic heterocycles. The van der Waals surface area contributed by atoms with Crippen LogP contribution in [0.2, 0.25) is 0 Å². The molecule has 7 heteroatoms. The lowest BCUT2D eigenvalue weighted by atomic mass is 10.2. The highest BCUT2D eigenvalue weighted by Gasteiger charge is 2.16. The van der Waals surface area contributed by atoms with Crippen LogP contribution in [0.1, 0.15) is 23.0 Å². The van der Waals surface area contributed by atoms with E-state index in [1.54, 1.807) is 18.2 Å². The molecule has 24 heavy (non-hydrogen) atoms. The molecule has 0 aliphatic heterocycles. The molecular formula is C17H15ClN2O4. The molecule has 0 bridgehead atoms. The molecule has 0 aliphatic rings. The van der Waals surface area contributed by atoms with Crippen molar-refractivity contribution in [1.29, 1.82) is 0 Å². The molecule has 124 valence electrons. The lowest BCUT2D eigenvalue weighted by molar-refractivity contribution is 0.373. The van der Waals surface area contributed by atoms with Crippen molar-refractivity contribution in [3.8, 4) is 23.0 Å². The molecule has 3 rings (SSSR count). The lowest BCUT2D eigenvalue weighted by Gasteiger charge is -2.03. The molecule has 0 unspecified atom stereocenters. The van der Waals surface area contributed by atoms with Crippen molar-refractivity contribution in [1.82, 2.24) is 10.2 Å². The van der Waals surface area contributed by atoms with Crippen molar-refractivity contribution < 1.29 is 18.7 Å². The Bertz CT molecular complexity index is 911. The van der Waals surface area contributed by atoms with E-state index in [0.29, 0.717) is 23.0 Å². The Morgan fingerprint density at radius 2 is 2.00 bits per heavy atom. The van der Waals surface area contributed by atoms with Gasteiger partial charge in [0.1, 0.15) is 16.6 Å². The zero-order valence-corrected chi connectivity index (χ0v) is 14.1. The van der Waals surface area contributed by atoms with Crippen LogP contribution >= 0.6 is 11.6 Å². The van der Waals surface area contributed by atoms with E-state index >= 15 is 0 Å². The molecule has 0 spiro atoms. The predicted octanol–water partition coefficient (Wildman–Crippen LogP) is 4.40. The summed E-state index contributed by atoms with van der Waals surface area (Å²) in [6.07, 6.45) is 1.62. The van der Waals surface area contributed by atoms with Gasteiger partial charge in [-0.2, -0.15) is 0 Å². The Morgan fingerprint density at radius 3 is 2.62 bits per heavy atom. The van der Waals surface area contributed by atoms with Gasteiger partial charge in [0.05, 0.1) is 12.7 Å². The average Bonchev–Trinajstić information content (AvgIpc) is 3.14. The van der Waals surface area contributed by atoms with E-state index in [1.807, 2.05) is 19.9 Å². The number of benzene rings is 1. The SMILES string of the molecule is COc1ccc(/C=C(\Cl)c2nnc(-c3cc(C)oc3C)o2)cc1O. The van der Waals surface area contributed by atoms with Gasteiger partial charge >= 0.3 is 0 Å². The van der Waals surface area contributed by atoms with E-state index in [0.717, 1.165) is 11.3 Å². The maximum Gasteiger partial charge on any atom is 0.259 e. The first-order valence-corrected chi connectivity index (χ1v) is 7.51. The summed E-state index contributed by atoms with van der Waals surface area (Å²) >= 11 is 6.24. The van der Waals surface area contributed by atoms with Crippen LogP contribution in [0.25, 0.3) is 22.6 Å². The predicted molar refractivity (Wildman–Crippen MR) is 89.9 cm³/mol. The van der Waals surface area contributed by atoms with Crippen LogP contribution in [-0.4, -0.2) is 22.4 Å².